The average molecular weight is 195 g/mol. The minimum atomic E-state index is -0.0812. The molecule has 0 unspecified atom stereocenters. The molecule has 1 heterocycles. The maximum Gasteiger partial charge on any atom is 0.271 e. The van der Waals surface area contributed by atoms with Crippen LogP contribution in [-0.2, 0) is 0 Å². The Morgan fingerprint density at radius 3 is 2.38 bits per heavy atom. The molecule has 3 nitrogen and oxygen atoms in total. The maximum absolute atomic E-state index is 11.2. The molecule has 2 rings (SSSR count). The molecular weight excluding hydrogens is 188 g/mol. The summed E-state index contributed by atoms with van der Waals surface area (Å²) in [4.78, 5) is 11.2. The van der Waals surface area contributed by atoms with E-state index in [0.29, 0.717) is 5.02 Å². The van der Waals surface area contributed by atoms with E-state index in [0.717, 1.165) is 5.69 Å². The summed E-state index contributed by atoms with van der Waals surface area (Å²) >= 11 is 5.72. The first kappa shape index (κ1) is 8.13. The summed E-state index contributed by atoms with van der Waals surface area (Å²) in [5.74, 6) is 0. The van der Waals surface area contributed by atoms with Crippen LogP contribution in [-0.4, -0.2) is 9.78 Å². The number of hydrogen-bond donors (Lipinski definition) is 1. The van der Waals surface area contributed by atoms with Crippen LogP contribution in [0.4, 0.5) is 0 Å². The number of halogens is 1. The van der Waals surface area contributed by atoms with Crippen molar-refractivity contribution in [3.63, 3.8) is 0 Å². The fourth-order valence-electron chi connectivity index (χ4n) is 1.11. The molecule has 0 radical (unpaired) electrons. The van der Waals surface area contributed by atoms with E-state index in [1.54, 1.807) is 30.5 Å². The molecule has 0 aliphatic rings. The highest BCUT2D eigenvalue weighted by atomic mass is 35.5. The molecule has 4 heteroatoms. The van der Waals surface area contributed by atoms with Gasteiger partial charge in [-0.05, 0) is 24.3 Å². The standard InChI is InChI=1S/C9H7ClN2O/c10-7-1-3-8(4-2-7)12-9(13)5-6-11-12/h1-6,11H. The van der Waals surface area contributed by atoms with Crippen LogP contribution in [0.25, 0.3) is 5.69 Å². The number of nitrogens with zero attached hydrogens (tertiary/aromatic N) is 1. The summed E-state index contributed by atoms with van der Waals surface area (Å²) in [7, 11) is 0. The number of hydrogen-bond acceptors (Lipinski definition) is 1. The Balaban J connectivity index is 2.54. The molecule has 0 amide bonds. The summed E-state index contributed by atoms with van der Waals surface area (Å²) in [5, 5.41) is 3.46. The Labute approximate surface area is 79.6 Å². The second-order valence-electron chi connectivity index (χ2n) is 2.61. The van der Waals surface area contributed by atoms with Gasteiger partial charge < -0.3 is 0 Å². The number of benzene rings is 1. The van der Waals surface area contributed by atoms with Crippen LogP contribution in [0.15, 0.2) is 41.3 Å². The molecule has 0 aliphatic carbocycles. The monoisotopic (exact) mass is 194 g/mol. The number of aromatic amines is 1. The van der Waals surface area contributed by atoms with Gasteiger partial charge in [0.15, 0.2) is 0 Å². The first-order chi connectivity index (χ1) is 6.27. The van der Waals surface area contributed by atoms with E-state index < -0.39 is 0 Å². The molecule has 0 saturated carbocycles. The number of rotatable bonds is 1. The molecule has 2 aromatic rings. The third kappa shape index (κ3) is 1.51. The highest BCUT2D eigenvalue weighted by molar-refractivity contribution is 6.30. The van der Waals surface area contributed by atoms with E-state index in [-0.39, 0.29) is 5.56 Å². The second kappa shape index (κ2) is 3.11. The van der Waals surface area contributed by atoms with Crippen LogP contribution in [0.5, 0.6) is 0 Å². The Morgan fingerprint density at radius 1 is 1.15 bits per heavy atom. The van der Waals surface area contributed by atoms with Gasteiger partial charge in [-0.3, -0.25) is 9.89 Å². The van der Waals surface area contributed by atoms with Gasteiger partial charge in [0.2, 0.25) is 0 Å². The molecule has 13 heavy (non-hydrogen) atoms. The zero-order chi connectivity index (χ0) is 9.26. The summed E-state index contributed by atoms with van der Waals surface area (Å²) in [6.07, 6.45) is 1.59. The predicted octanol–water partition coefficient (Wildman–Crippen LogP) is 1.82. The molecule has 0 saturated heterocycles. The molecular formula is C9H7ClN2O. The molecule has 0 aliphatic heterocycles. The van der Waals surface area contributed by atoms with Gasteiger partial charge in [0.25, 0.3) is 5.56 Å². The van der Waals surface area contributed by atoms with Gasteiger partial charge in [-0.2, -0.15) is 0 Å². The predicted molar refractivity (Wildman–Crippen MR) is 51.4 cm³/mol. The third-order valence-corrected chi connectivity index (χ3v) is 1.99. The fourth-order valence-corrected chi connectivity index (χ4v) is 1.24. The lowest BCUT2D eigenvalue weighted by atomic mass is 10.3. The summed E-state index contributed by atoms with van der Waals surface area (Å²) < 4.78 is 1.44. The molecule has 1 aromatic carbocycles. The van der Waals surface area contributed by atoms with Crippen molar-refractivity contribution >= 4 is 11.6 Å². The van der Waals surface area contributed by atoms with Crippen LogP contribution in [0, 0.1) is 0 Å². The van der Waals surface area contributed by atoms with Gasteiger partial charge >= 0.3 is 0 Å². The van der Waals surface area contributed by atoms with Crippen molar-refractivity contribution in [1.82, 2.24) is 9.78 Å². The van der Waals surface area contributed by atoms with Crippen molar-refractivity contribution < 1.29 is 0 Å². The first-order valence-electron chi connectivity index (χ1n) is 3.80. The van der Waals surface area contributed by atoms with Crippen molar-refractivity contribution in [2.75, 3.05) is 0 Å². The summed E-state index contributed by atoms with van der Waals surface area (Å²) in [6, 6.07) is 8.50. The highest BCUT2D eigenvalue weighted by Gasteiger charge is 1.98. The van der Waals surface area contributed by atoms with Crippen molar-refractivity contribution in [3.8, 4) is 5.69 Å². The highest BCUT2D eigenvalue weighted by Crippen LogP contribution is 2.10. The average Bonchev–Trinajstić information content (AvgIpc) is 2.53. The minimum absolute atomic E-state index is 0.0812. The van der Waals surface area contributed by atoms with E-state index in [2.05, 4.69) is 5.10 Å². The molecule has 0 bridgehead atoms. The van der Waals surface area contributed by atoms with E-state index in [4.69, 9.17) is 11.6 Å². The Kier molecular flexibility index (Phi) is 1.94. The van der Waals surface area contributed by atoms with Gasteiger partial charge in [-0.1, -0.05) is 11.6 Å². The van der Waals surface area contributed by atoms with Crippen molar-refractivity contribution in [2.45, 2.75) is 0 Å². The Hall–Kier alpha value is -1.48. The Morgan fingerprint density at radius 2 is 1.85 bits per heavy atom. The molecule has 1 N–H and O–H groups in total. The number of nitrogens with one attached hydrogen (secondary N) is 1. The van der Waals surface area contributed by atoms with Crippen LogP contribution in [0.2, 0.25) is 5.02 Å². The van der Waals surface area contributed by atoms with E-state index in [1.165, 1.54) is 10.7 Å². The van der Waals surface area contributed by atoms with Crippen molar-refractivity contribution in [2.24, 2.45) is 0 Å². The first-order valence-corrected chi connectivity index (χ1v) is 4.17. The topological polar surface area (TPSA) is 37.8 Å². The van der Waals surface area contributed by atoms with E-state index in [9.17, 15) is 4.79 Å². The van der Waals surface area contributed by atoms with Gasteiger partial charge in [-0.15, -0.1) is 0 Å². The summed E-state index contributed by atoms with van der Waals surface area (Å²) in [6.45, 7) is 0. The largest absolute Gasteiger partial charge is 0.298 e. The molecule has 0 spiro atoms. The van der Waals surface area contributed by atoms with Crippen LogP contribution < -0.4 is 5.56 Å². The maximum atomic E-state index is 11.2. The van der Waals surface area contributed by atoms with E-state index in [1.807, 2.05) is 0 Å². The quantitative estimate of drug-likeness (QED) is 0.739. The van der Waals surface area contributed by atoms with Gasteiger partial charge in [0.05, 0.1) is 5.69 Å². The van der Waals surface area contributed by atoms with Crippen LogP contribution in [0.3, 0.4) is 0 Å². The molecule has 66 valence electrons. The van der Waals surface area contributed by atoms with Crippen LogP contribution in [0.1, 0.15) is 0 Å². The lowest BCUT2D eigenvalue weighted by Crippen LogP contribution is -2.12. The number of aromatic nitrogens is 2. The van der Waals surface area contributed by atoms with Crippen molar-refractivity contribution in [1.29, 1.82) is 0 Å². The van der Waals surface area contributed by atoms with E-state index >= 15 is 0 Å². The zero-order valence-corrected chi connectivity index (χ0v) is 7.45. The normalized spacial score (nSPS) is 10.2. The summed E-state index contributed by atoms with van der Waals surface area (Å²) in [5.41, 5.74) is 0.696. The lowest BCUT2D eigenvalue weighted by molar-refractivity contribution is 0.849. The van der Waals surface area contributed by atoms with Gasteiger partial charge in [0, 0.05) is 17.3 Å². The lowest BCUT2D eigenvalue weighted by Gasteiger charge is -2.00. The molecule has 0 atom stereocenters. The molecule has 0 fully saturated rings. The molecule has 1 aromatic heterocycles. The van der Waals surface area contributed by atoms with Crippen LogP contribution >= 0.6 is 11.6 Å². The number of H-pyrrole nitrogens is 1. The van der Waals surface area contributed by atoms with Gasteiger partial charge in [-0.25, -0.2) is 4.68 Å². The SMILES string of the molecule is O=c1cc[nH]n1-c1ccc(Cl)cc1. The second-order valence-corrected chi connectivity index (χ2v) is 3.05. The van der Waals surface area contributed by atoms with Gasteiger partial charge in [0.1, 0.15) is 0 Å². The third-order valence-electron chi connectivity index (χ3n) is 1.73. The zero-order valence-electron chi connectivity index (χ0n) is 6.70. The Bertz CT molecular complexity index is 455. The fraction of sp³-hybridized carbons (Fsp3) is 0. The smallest absolute Gasteiger partial charge is 0.271 e. The van der Waals surface area contributed by atoms with Crippen molar-refractivity contribution in [3.05, 3.63) is 51.9 Å². The minimum Gasteiger partial charge on any atom is -0.298 e.